The molecule has 1 saturated carbocycles. The molecule has 0 spiro atoms. The van der Waals surface area contributed by atoms with Crippen molar-refractivity contribution < 1.29 is 9.90 Å². The molecule has 1 saturated heterocycles. The van der Waals surface area contributed by atoms with Crippen molar-refractivity contribution in [1.82, 2.24) is 4.90 Å². The maximum Gasteiger partial charge on any atom is 0.320 e. The highest BCUT2D eigenvalue weighted by Gasteiger charge is 2.37. The van der Waals surface area contributed by atoms with Crippen LogP contribution < -0.4 is 0 Å². The number of carbonyl (C=O) groups is 1. The van der Waals surface area contributed by atoms with Gasteiger partial charge >= 0.3 is 5.97 Å². The molecule has 0 amide bonds. The summed E-state index contributed by atoms with van der Waals surface area (Å²) in [6.07, 6.45) is 9.16. The molecule has 2 fully saturated rings. The van der Waals surface area contributed by atoms with Gasteiger partial charge in [-0.05, 0) is 44.1 Å². The van der Waals surface area contributed by atoms with E-state index in [2.05, 4.69) is 18.7 Å². The normalized spacial score (nSPS) is 33.9. The van der Waals surface area contributed by atoms with Gasteiger partial charge in [-0.1, -0.05) is 33.1 Å². The number of hydrogen-bond donors (Lipinski definition) is 1. The van der Waals surface area contributed by atoms with E-state index in [1.54, 1.807) is 0 Å². The second-order valence-corrected chi connectivity index (χ2v) is 6.86. The van der Waals surface area contributed by atoms with Crippen LogP contribution in [0.25, 0.3) is 0 Å². The minimum atomic E-state index is -0.611. The number of carboxylic acid groups (broad SMARTS) is 1. The third-order valence-electron chi connectivity index (χ3n) is 4.73. The molecule has 3 nitrogen and oxygen atoms in total. The van der Waals surface area contributed by atoms with Crippen molar-refractivity contribution in [3.05, 3.63) is 0 Å². The van der Waals surface area contributed by atoms with Crippen molar-refractivity contribution in [2.24, 2.45) is 5.41 Å². The molecule has 1 aliphatic heterocycles. The smallest absolute Gasteiger partial charge is 0.320 e. The van der Waals surface area contributed by atoms with Crippen LogP contribution in [0, 0.1) is 5.41 Å². The van der Waals surface area contributed by atoms with E-state index >= 15 is 0 Å². The second-order valence-electron chi connectivity index (χ2n) is 6.86. The Hall–Kier alpha value is -0.570. The van der Waals surface area contributed by atoms with Crippen LogP contribution >= 0.6 is 0 Å². The van der Waals surface area contributed by atoms with E-state index in [9.17, 15) is 9.90 Å². The lowest BCUT2D eigenvalue weighted by molar-refractivity contribution is -0.145. The quantitative estimate of drug-likeness (QED) is 0.821. The first kappa shape index (κ1) is 13.9. The SMILES string of the molecule is CC1(C)CCCC(N2CCCCCC2C(=O)O)C1. The first-order valence-electron chi connectivity index (χ1n) is 7.48. The van der Waals surface area contributed by atoms with Gasteiger partial charge in [0.25, 0.3) is 0 Å². The fraction of sp³-hybridized carbons (Fsp3) is 0.933. The van der Waals surface area contributed by atoms with Gasteiger partial charge in [-0.15, -0.1) is 0 Å². The standard InChI is InChI=1S/C15H27NO2/c1-15(2)9-6-7-12(11-15)16-10-5-3-4-8-13(16)14(17)18/h12-13H,3-11H2,1-2H3,(H,17,18). The Morgan fingerprint density at radius 2 is 1.94 bits per heavy atom. The summed E-state index contributed by atoms with van der Waals surface area (Å²) in [5, 5.41) is 9.45. The van der Waals surface area contributed by atoms with Gasteiger partial charge in [-0.2, -0.15) is 0 Å². The van der Waals surface area contributed by atoms with E-state index in [-0.39, 0.29) is 6.04 Å². The Labute approximate surface area is 111 Å². The fourth-order valence-electron chi connectivity index (χ4n) is 3.77. The van der Waals surface area contributed by atoms with Crippen molar-refractivity contribution in [3.63, 3.8) is 0 Å². The van der Waals surface area contributed by atoms with Crippen LogP contribution in [0.2, 0.25) is 0 Å². The molecule has 3 heteroatoms. The number of likely N-dealkylation sites (tertiary alicyclic amines) is 1. The van der Waals surface area contributed by atoms with Crippen molar-refractivity contribution in [2.75, 3.05) is 6.54 Å². The predicted octanol–water partition coefficient (Wildman–Crippen LogP) is 3.28. The van der Waals surface area contributed by atoms with E-state index in [4.69, 9.17) is 0 Å². The van der Waals surface area contributed by atoms with E-state index < -0.39 is 5.97 Å². The molecule has 18 heavy (non-hydrogen) atoms. The number of aliphatic carboxylic acids is 1. The highest BCUT2D eigenvalue weighted by atomic mass is 16.4. The van der Waals surface area contributed by atoms with E-state index in [0.29, 0.717) is 11.5 Å². The van der Waals surface area contributed by atoms with Crippen molar-refractivity contribution in [2.45, 2.75) is 77.3 Å². The van der Waals surface area contributed by atoms with Gasteiger partial charge in [0.2, 0.25) is 0 Å². The van der Waals surface area contributed by atoms with Gasteiger partial charge in [0.05, 0.1) is 0 Å². The topological polar surface area (TPSA) is 40.5 Å². The van der Waals surface area contributed by atoms with Crippen molar-refractivity contribution in [3.8, 4) is 0 Å². The third-order valence-corrected chi connectivity index (χ3v) is 4.73. The average molecular weight is 253 g/mol. The minimum absolute atomic E-state index is 0.230. The highest BCUT2D eigenvalue weighted by molar-refractivity contribution is 5.73. The molecule has 0 aromatic carbocycles. The summed E-state index contributed by atoms with van der Waals surface area (Å²) in [6, 6.07) is 0.263. The summed E-state index contributed by atoms with van der Waals surface area (Å²) in [6.45, 7) is 5.64. The van der Waals surface area contributed by atoms with Gasteiger partial charge in [0.15, 0.2) is 0 Å². The minimum Gasteiger partial charge on any atom is -0.480 e. The third kappa shape index (κ3) is 3.25. The molecule has 1 N–H and O–H groups in total. The molecule has 2 unspecified atom stereocenters. The number of hydrogen-bond acceptors (Lipinski definition) is 2. The van der Waals surface area contributed by atoms with Gasteiger partial charge in [-0.25, -0.2) is 0 Å². The molecule has 2 atom stereocenters. The van der Waals surface area contributed by atoms with E-state index in [1.807, 2.05) is 0 Å². The lowest BCUT2D eigenvalue weighted by atomic mass is 9.74. The van der Waals surface area contributed by atoms with Crippen LogP contribution in [0.1, 0.15) is 65.2 Å². The summed E-state index contributed by atoms with van der Waals surface area (Å²) in [5.74, 6) is -0.611. The molecule has 0 aromatic rings. The molecule has 1 heterocycles. The number of carboxylic acids is 1. The Bertz CT molecular complexity index is 301. The average Bonchev–Trinajstić information content (AvgIpc) is 2.52. The molecule has 104 valence electrons. The zero-order valence-corrected chi connectivity index (χ0v) is 11.8. The van der Waals surface area contributed by atoms with Crippen LogP contribution in [0.4, 0.5) is 0 Å². The zero-order valence-electron chi connectivity index (χ0n) is 11.8. The Balaban J connectivity index is 2.09. The second kappa shape index (κ2) is 5.60. The molecule has 0 aromatic heterocycles. The summed E-state index contributed by atoms with van der Waals surface area (Å²) in [5.41, 5.74) is 0.387. The maximum absolute atomic E-state index is 11.5. The predicted molar refractivity (Wildman–Crippen MR) is 72.6 cm³/mol. The number of rotatable bonds is 2. The Morgan fingerprint density at radius 1 is 1.17 bits per heavy atom. The van der Waals surface area contributed by atoms with Crippen molar-refractivity contribution >= 4 is 5.97 Å². The zero-order chi connectivity index (χ0) is 13.2. The van der Waals surface area contributed by atoms with Gasteiger partial charge < -0.3 is 5.11 Å². The summed E-state index contributed by atoms with van der Waals surface area (Å²) in [7, 11) is 0. The van der Waals surface area contributed by atoms with Crippen LogP contribution in [0.5, 0.6) is 0 Å². The first-order valence-corrected chi connectivity index (χ1v) is 7.48. The van der Waals surface area contributed by atoms with Gasteiger partial charge in [0, 0.05) is 6.04 Å². The summed E-state index contributed by atoms with van der Waals surface area (Å²) < 4.78 is 0. The Kier molecular flexibility index (Phi) is 4.31. The van der Waals surface area contributed by atoms with E-state index in [1.165, 1.54) is 32.1 Å². The maximum atomic E-state index is 11.5. The van der Waals surface area contributed by atoms with Gasteiger partial charge in [-0.3, -0.25) is 9.69 Å². The molecule has 1 aliphatic carbocycles. The summed E-state index contributed by atoms with van der Waals surface area (Å²) in [4.78, 5) is 13.8. The van der Waals surface area contributed by atoms with Crippen LogP contribution in [0.3, 0.4) is 0 Å². The molecule has 0 bridgehead atoms. The molecule has 2 aliphatic rings. The lowest BCUT2D eigenvalue weighted by Crippen LogP contribution is -2.49. The molecular formula is C15H27NO2. The van der Waals surface area contributed by atoms with Gasteiger partial charge in [0.1, 0.15) is 6.04 Å². The fourth-order valence-corrected chi connectivity index (χ4v) is 3.77. The van der Waals surface area contributed by atoms with Crippen LogP contribution in [0.15, 0.2) is 0 Å². The van der Waals surface area contributed by atoms with E-state index in [0.717, 1.165) is 25.8 Å². The molecule has 2 rings (SSSR count). The largest absolute Gasteiger partial charge is 0.480 e. The van der Waals surface area contributed by atoms with Crippen LogP contribution in [-0.2, 0) is 4.79 Å². The summed E-state index contributed by atoms with van der Waals surface area (Å²) >= 11 is 0. The monoisotopic (exact) mass is 253 g/mol. The number of nitrogens with zero attached hydrogens (tertiary/aromatic N) is 1. The molecule has 0 radical (unpaired) electrons. The lowest BCUT2D eigenvalue weighted by Gasteiger charge is -2.43. The van der Waals surface area contributed by atoms with Crippen LogP contribution in [-0.4, -0.2) is 34.6 Å². The molecular weight excluding hydrogens is 226 g/mol. The first-order chi connectivity index (χ1) is 8.49. The van der Waals surface area contributed by atoms with Crippen molar-refractivity contribution in [1.29, 1.82) is 0 Å². The Morgan fingerprint density at radius 3 is 2.61 bits per heavy atom. The highest BCUT2D eigenvalue weighted by Crippen LogP contribution is 2.38.